The minimum atomic E-state index is 0.912. The number of aromatic nitrogens is 2. The molecule has 1 aromatic heterocycles. The van der Waals surface area contributed by atoms with Crippen LogP contribution in [-0.2, 0) is 0 Å². The maximum atomic E-state index is 4.26. The largest absolute Gasteiger partial charge is 0.260 e. The molecule has 0 saturated heterocycles. The maximum absolute atomic E-state index is 4.26. The van der Waals surface area contributed by atoms with Crippen LogP contribution in [-0.4, -0.2) is 9.97 Å². The van der Waals surface area contributed by atoms with Crippen LogP contribution in [0.4, 0.5) is 0 Å². The van der Waals surface area contributed by atoms with E-state index in [-0.39, 0.29) is 0 Å². The summed E-state index contributed by atoms with van der Waals surface area (Å²) in [4.78, 5) is 9.48. The summed E-state index contributed by atoms with van der Waals surface area (Å²) in [6.07, 6.45) is 5.17. The van der Waals surface area contributed by atoms with E-state index in [9.17, 15) is 0 Å². The van der Waals surface area contributed by atoms with Gasteiger partial charge >= 0.3 is 0 Å². The number of hydrogen-bond acceptors (Lipinski definition) is 3. The van der Waals surface area contributed by atoms with Crippen LogP contribution in [0.5, 0.6) is 0 Å². The second-order valence-electron chi connectivity index (χ2n) is 4.04. The van der Waals surface area contributed by atoms with Crippen molar-refractivity contribution in [3.63, 3.8) is 0 Å². The van der Waals surface area contributed by atoms with Crippen molar-refractivity contribution >= 4 is 11.8 Å². The lowest BCUT2D eigenvalue weighted by atomic mass is 10.1. The third-order valence-corrected chi connectivity index (χ3v) is 3.65. The molecule has 0 N–H and O–H groups in total. The fourth-order valence-electron chi connectivity index (χ4n) is 1.80. The number of rotatable bonds is 3. The summed E-state index contributed by atoms with van der Waals surface area (Å²) < 4.78 is 0. The lowest BCUT2D eigenvalue weighted by molar-refractivity contribution is 1.05. The fraction of sp³-hybridized carbons (Fsp3) is 0. The highest BCUT2D eigenvalue weighted by molar-refractivity contribution is 7.99. The molecule has 0 aliphatic rings. The van der Waals surface area contributed by atoms with Crippen LogP contribution in [0.15, 0.2) is 83.1 Å². The van der Waals surface area contributed by atoms with Crippen LogP contribution in [0.2, 0.25) is 0 Å². The molecule has 3 rings (SSSR count). The third kappa shape index (κ3) is 3.01. The standard InChI is InChI=1S/C16H12N2S/c1-2-4-13(5-3-1)14-6-8-15(9-7-14)19-16-12-17-10-11-18-16/h1-12H. The van der Waals surface area contributed by atoms with Crippen molar-refractivity contribution in [3.8, 4) is 11.1 Å². The van der Waals surface area contributed by atoms with Crippen LogP contribution in [0.3, 0.4) is 0 Å². The van der Waals surface area contributed by atoms with E-state index in [4.69, 9.17) is 0 Å². The van der Waals surface area contributed by atoms with Gasteiger partial charge in [0.1, 0.15) is 5.03 Å². The van der Waals surface area contributed by atoms with Crippen molar-refractivity contribution in [1.29, 1.82) is 0 Å². The Morgan fingerprint density at radius 2 is 1.47 bits per heavy atom. The Bertz CT molecular complexity index is 637. The third-order valence-electron chi connectivity index (χ3n) is 2.72. The molecule has 0 bridgehead atoms. The van der Waals surface area contributed by atoms with Gasteiger partial charge in [-0.1, -0.05) is 54.2 Å². The molecule has 0 amide bonds. The van der Waals surface area contributed by atoms with Crippen LogP contribution in [0.25, 0.3) is 11.1 Å². The summed E-state index contributed by atoms with van der Waals surface area (Å²) in [7, 11) is 0. The molecule has 2 aromatic carbocycles. The second-order valence-corrected chi connectivity index (χ2v) is 5.13. The number of benzene rings is 2. The molecule has 0 aliphatic heterocycles. The first-order valence-corrected chi connectivity index (χ1v) is 6.83. The van der Waals surface area contributed by atoms with Gasteiger partial charge in [-0.2, -0.15) is 0 Å². The summed E-state index contributed by atoms with van der Waals surface area (Å²) in [5.41, 5.74) is 2.46. The summed E-state index contributed by atoms with van der Waals surface area (Å²) >= 11 is 1.62. The van der Waals surface area contributed by atoms with Crippen LogP contribution >= 0.6 is 11.8 Å². The molecule has 0 atom stereocenters. The van der Waals surface area contributed by atoms with Gasteiger partial charge in [0.05, 0.1) is 6.20 Å². The van der Waals surface area contributed by atoms with Crippen molar-refractivity contribution in [3.05, 3.63) is 73.2 Å². The first kappa shape index (κ1) is 11.9. The Morgan fingerprint density at radius 3 is 2.16 bits per heavy atom. The van der Waals surface area contributed by atoms with E-state index in [1.165, 1.54) is 16.0 Å². The molecular formula is C16H12N2S. The predicted octanol–water partition coefficient (Wildman–Crippen LogP) is 4.29. The smallest absolute Gasteiger partial charge is 0.119 e. The van der Waals surface area contributed by atoms with Crippen molar-refractivity contribution in [2.45, 2.75) is 9.92 Å². The average molecular weight is 264 g/mol. The first-order chi connectivity index (χ1) is 9.42. The number of hydrogen-bond donors (Lipinski definition) is 0. The average Bonchev–Trinajstić information content (AvgIpc) is 2.50. The maximum Gasteiger partial charge on any atom is 0.119 e. The zero-order chi connectivity index (χ0) is 12.9. The van der Waals surface area contributed by atoms with E-state index in [1.807, 2.05) is 6.07 Å². The Labute approximate surface area is 116 Å². The van der Waals surface area contributed by atoms with E-state index in [0.717, 1.165) is 5.03 Å². The van der Waals surface area contributed by atoms with Gasteiger partial charge < -0.3 is 0 Å². The van der Waals surface area contributed by atoms with Gasteiger partial charge in [-0.25, -0.2) is 4.98 Å². The van der Waals surface area contributed by atoms with E-state index in [2.05, 4.69) is 58.5 Å². The lowest BCUT2D eigenvalue weighted by Gasteiger charge is -2.03. The molecule has 0 aliphatic carbocycles. The van der Waals surface area contributed by atoms with Gasteiger partial charge in [-0.15, -0.1) is 0 Å². The van der Waals surface area contributed by atoms with Crippen molar-refractivity contribution < 1.29 is 0 Å². The summed E-state index contributed by atoms with van der Waals surface area (Å²) in [5, 5.41) is 0.912. The highest BCUT2D eigenvalue weighted by atomic mass is 32.2. The van der Waals surface area contributed by atoms with E-state index in [0.29, 0.717) is 0 Å². The van der Waals surface area contributed by atoms with Crippen molar-refractivity contribution in [2.75, 3.05) is 0 Å². The van der Waals surface area contributed by atoms with E-state index >= 15 is 0 Å². The summed E-state index contributed by atoms with van der Waals surface area (Å²) in [6.45, 7) is 0. The Kier molecular flexibility index (Phi) is 3.56. The zero-order valence-electron chi connectivity index (χ0n) is 10.2. The summed E-state index contributed by atoms with van der Waals surface area (Å²) in [5.74, 6) is 0. The van der Waals surface area contributed by atoms with Gasteiger partial charge in [-0.05, 0) is 23.3 Å². The van der Waals surface area contributed by atoms with Crippen LogP contribution < -0.4 is 0 Å². The van der Waals surface area contributed by atoms with Gasteiger partial charge in [0.25, 0.3) is 0 Å². The first-order valence-electron chi connectivity index (χ1n) is 6.01. The Hall–Kier alpha value is -2.13. The Balaban J connectivity index is 1.80. The number of nitrogens with zero attached hydrogens (tertiary/aromatic N) is 2. The molecule has 0 fully saturated rings. The quantitative estimate of drug-likeness (QED) is 0.705. The van der Waals surface area contributed by atoms with Crippen molar-refractivity contribution in [2.24, 2.45) is 0 Å². The zero-order valence-corrected chi connectivity index (χ0v) is 11.0. The highest BCUT2D eigenvalue weighted by Crippen LogP contribution is 2.27. The molecule has 92 valence electrons. The molecule has 19 heavy (non-hydrogen) atoms. The minimum Gasteiger partial charge on any atom is -0.260 e. The fourth-order valence-corrected chi connectivity index (χ4v) is 2.55. The lowest BCUT2D eigenvalue weighted by Crippen LogP contribution is -1.81. The Morgan fingerprint density at radius 1 is 0.737 bits per heavy atom. The summed E-state index contributed by atoms with van der Waals surface area (Å²) in [6, 6.07) is 18.9. The molecule has 0 spiro atoms. The topological polar surface area (TPSA) is 25.8 Å². The van der Waals surface area contributed by atoms with Gasteiger partial charge in [-0.3, -0.25) is 4.98 Å². The minimum absolute atomic E-state index is 0.912. The van der Waals surface area contributed by atoms with Crippen LogP contribution in [0.1, 0.15) is 0 Å². The second kappa shape index (κ2) is 5.67. The van der Waals surface area contributed by atoms with E-state index < -0.39 is 0 Å². The molecule has 3 heteroatoms. The molecule has 3 aromatic rings. The van der Waals surface area contributed by atoms with Crippen LogP contribution in [0, 0.1) is 0 Å². The highest BCUT2D eigenvalue weighted by Gasteiger charge is 2.00. The molecule has 2 nitrogen and oxygen atoms in total. The molecular weight excluding hydrogens is 252 g/mol. The van der Waals surface area contributed by atoms with Crippen molar-refractivity contribution in [1.82, 2.24) is 9.97 Å². The van der Waals surface area contributed by atoms with Gasteiger partial charge in [0.2, 0.25) is 0 Å². The van der Waals surface area contributed by atoms with E-state index in [1.54, 1.807) is 30.4 Å². The molecule has 1 heterocycles. The normalized spacial score (nSPS) is 10.3. The van der Waals surface area contributed by atoms with Gasteiger partial charge in [0, 0.05) is 17.3 Å². The molecule has 0 radical (unpaired) electrons. The monoisotopic (exact) mass is 264 g/mol. The molecule has 0 unspecified atom stereocenters. The molecule has 0 saturated carbocycles. The SMILES string of the molecule is c1ccc(-c2ccc(Sc3cnccn3)cc2)cc1. The van der Waals surface area contributed by atoms with Gasteiger partial charge in [0.15, 0.2) is 0 Å². The predicted molar refractivity (Wildman–Crippen MR) is 78.0 cm³/mol.